The first kappa shape index (κ1) is 9.03. The van der Waals surface area contributed by atoms with Crippen LogP contribution in [0.2, 0.25) is 0 Å². The molecule has 0 amide bonds. The summed E-state index contributed by atoms with van der Waals surface area (Å²) in [5.74, 6) is 0. The Labute approximate surface area is 75.2 Å². The van der Waals surface area contributed by atoms with E-state index in [1.807, 2.05) is 6.92 Å². The van der Waals surface area contributed by atoms with Gasteiger partial charge >= 0.3 is 0 Å². The number of hydrogen-bond acceptors (Lipinski definition) is 4. The molecule has 0 aliphatic carbocycles. The molecule has 11 heavy (non-hydrogen) atoms. The van der Waals surface area contributed by atoms with E-state index in [2.05, 4.69) is 17.3 Å². The lowest BCUT2D eigenvalue weighted by Gasteiger charge is -2.02. The van der Waals surface area contributed by atoms with Gasteiger partial charge in [-0.3, -0.25) is 0 Å². The molecule has 0 radical (unpaired) electrons. The third-order valence-electron chi connectivity index (χ3n) is 1.23. The van der Waals surface area contributed by atoms with Gasteiger partial charge in [0.05, 0.1) is 0 Å². The van der Waals surface area contributed by atoms with Crippen molar-refractivity contribution in [2.45, 2.75) is 23.4 Å². The zero-order valence-corrected chi connectivity index (χ0v) is 8.34. The molecule has 0 aromatic carbocycles. The maximum absolute atomic E-state index is 5.48. The van der Waals surface area contributed by atoms with Crippen LogP contribution in [0, 0.1) is 6.92 Å². The fourth-order valence-corrected chi connectivity index (χ4v) is 2.62. The molecule has 2 nitrogen and oxygen atoms in total. The Morgan fingerprint density at radius 1 is 1.82 bits per heavy atom. The van der Waals surface area contributed by atoms with E-state index in [1.54, 1.807) is 23.1 Å². The van der Waals surface area contributed by atoms with Gasteiger partial charge in [0.15, 0.2) is 0 Å². The molecule has 0 fully saturated rings. The van der Waals surface area contributed by atoms with Crippen molar-refractivity contribution in [3.05, 3.63) is 11.1 Å². The second kappa shape index (κ2) is 4.09. The van der Waals surface area contributed by atoms with Crippen molar-refractivity contribution < 1.29 is 0 Å². The SMILES string of the molecule is Cc1csc(S[C@@H](C)CN)n1. The van der Waals surface area contributed by atoms with Crippen molar-refractivity contribution in [2.24, 2.45) is 5.73 Å². The smallest absolute Gasteiger partial charge is 0.150 e. The summed E-state index contributed by atoms with van der Waals surface area (Å²) >= 11 is 3.44. The van der Waals surface area contributed by atoms with E-state index in [4.69, 9.17) is 5.73 Å². The number of aromatic nitrogens is 1. The van der Waals surface area contributed by atoms with Gasteiger partial charge in [0.1, 0.15) is 4.34 Å². The number of nitrogens with zero attached hydrogens (tertiary/aromatic N) is 1. The van der Waals surface area contributed by atoms with Gasteiger partial charge in [-0.15, -0.1) is 11.3 Å². The van der Waals surface area contributed by atoms with Gasteiger partial charge < -0.3 is 5.73 Å². The van der Waals surface area contributed by atoms with E-state index in [0.717, 1.165) is 10.0 Å². The van der Waals surface area contributed by atoms with Crippen LogP contribution in [0.4, 0.5) is 0 Å². The van der Waals surface area contributed by atoms with Gasteiger partial charge in [0, 0.05) is 22.9 Å². The van der Waals surface area contributed by atoms with Gasteiger partial charge in [-0.05, 0) is 6.92 Å². The van der Waals surface area contributed by atoms with Crippen LogP contribution >= 0.6 is 23.1 Å². The quantitative estimate of drug-likeness (QED) is 0.736. The van der Waals surface area contributed by atoms with Crippen molar-refractivity contribution in [2.75, 3.05) is 6.54 Å². The van der Waals surface area contributed by atoms with Gasteiger partial charge in [-0.2, -0.15) is 0 Å². The minimum absolute atomic E-state index is 0.473. The maximum Gasteiger partial charge on any atom is 0.150 e. The Bertz CT molecular complexity index is 222. The van der Waals surface area contributed by atoms with Crippen LogP contribution < -0.4 is 5.73 Å². The topological polar surface area (TPSA) is 38.9 Å². The summed E-state index contributed by atoms with van der Waals surface area (Å²) < 4.78 is 1.13. The fraction of sp³-hybridized carbons (Fsp3) is 0.571. The highest BCUT2D eigenvalue weighted by Crippen LogP contribution is 2.25. The van der Waals surface area contributed by atoms with Crippen LogP contribution in [-0.4, -0.2) is 16.8 Å². The second-order valence-electron chi connectivity index (χ2n) is 2.42. The van der Waals surface area contributed by atoms with Crippen LogP contribution in [0.1, 0.15) is 12.6 Å². The van der Waals surface area contributed by atoms with E-state index < -0.39 is 0 Å². The molecule has 1 rings (SSSR count). The fourth-order valence-electron chi connectivity index (χ4n) is 0.607. The van der Waals surface area contributed by atoms with E-state index in [9.17, 15) is 0 Å². The zero-order valence-electron chi connectivity index (χ0n) is 6.70. The molecule has 62 valence electrons. The summed E-state index contributed by atoms with van der Waals surface area (Å²) in [4.78, 5) is 4.32. The van der Waals surface area contributed by atoms with Crippen LogP contribution in [0.15, 0.2) is 9.72 Å². The van der Waals surface area contributed by atoms with Gasteiger partial charge in [0.2, 0.25) is 0 Å². The summed E-state index contributed by atoms with van der Waals surface area (Å²) in [7, 11) is 0. The number of thioether (sulfide) groups is 1. The highest BCUT2D eigenvalue weighted by molar-refractivity contribution is 8.01. The van der Waals surface area contributed by atoms with Crippen molar-refractivity contribution in [1.29, 1.82) is 0 Å². The molecule has 0 saturated heterocycles. The summed E-state index contributed by atoms with van der Waals surface area (Å²) in [6, 6.07) is 0. The average Bonchev–Trinajstić information content (AvgIpc) is 2.35. The van der Waals surface area contributed by atoms with Gasteiger partial charge in [-0.25, -0.2) is 4.98 Å². The third kappa shape index (κ3) is 2.81. The van der Waals surface area contributed by atoms with Crippen LogP contribution in [0.5, 0.6) is 0 Å². The van der Waals surface area contributed by atoms with Crippen molar-refractivity contribution in [1.82, 2.24) is 4.98 Å². The van der Waals surface area contributed by atoms with Crippen LogP contribution in [-0.2, 0) is 0 Å². The Morgan fingerprint density at radius 2 is 2.55 bits per heavy atom. The molecule has 4 heteroatoms. The predicted octanol–water partition coefficient (Wildman–Crippen LogP) is 1.89. The Balaban J connectivity index is 2.50. The van der Waals surface area contributed by atoms with E-state index in [1.165, 1.54) is 0 Å². The molecule has 2 N–H and O–H groups in total. The van der Waals surface area contributed by atoms with E-state index in [-0.39, 0.29) is 0 Å². The molecule has 0 bridgehead atoms. The monoisotopic (exact) mass is 188 g/mol. The molecule has 0 aliphatic heterocycles. The third-order valence-corrected chi connectivity index (χ3v) is 3.45. The Morgan fingerprint density at radius 3 is 3.00 bits per heavy atom. The summed E-state index contributed by atoms with van der Waals surface area (Å²) in [6.07, 6.45) is 0. The molecule has 1 aromatic heterocycles. The highest BCUT2D eigenvalue weighted by Gasteiger charge is 2.04. The van der Waals surface area contributed by atoms with Crippen LogP contribution in [0.25, 0.3) is 0 Å². The molecule has 0 aliphatic rings. The first-order valence-electron chi connectivity index (χ1n) is 3.51. The number of thiazole rings is 1. The molecule has 0 spiro atoms. The number of nitrogens with two attached hydrogens (primary N) is 1. The Kier molecular flexibility index (Phi) is 3.36. The molecular weight excluding hydrogens is 176 g/mol. The van der Waals surface area contributed by atoms with Crippen LogP contribution in [0.3, 0.4) is 0 Å². The molecule has 1 aromatic rings. The minimum atomic E-state index is 0.473. The molecule has 0 unspecified atom stereocenters. The predicted molar refractivity (Wildman–Crippen MR) is 51.2 cm³/mol. The van der Waals surface area contributed by atoms with Gasteiger partial charge in [-0.1, -0.05) is 18.7 Å². The first-order chi connectivity index (χ1) is 5.22. The zero-order chi connectivity index (χ0) is 8.27. The normalized spacial score (nSPS) is 13.4. The van der Waals surface area contributed by atoms with E-state index in [0.29, 0.717) is 11.8 Å². The molecule has 1 atom stereocenters. The largest absolute Gasteiger partial charge is 0.329 e. The first-order valence-corrected chi connectivity index (χ1v) is 5.27. The highest BCUT2D eigenvalue weighted by atomic mass is 32.2. The standard InChI is InChI=1S/C7H12N2S2/c1-5-4-10-7(9-5)11-6(2)3-8/h4,6H,3,8H2,1-2H3/t6-/m0/s1. The maximum atomic E-state index is 5.48. The lowest BCUT2D eigenvalue weighted by molar-refractivity contribution is 0.948. The van der Waals surface area contributed by atoms with E-state index >= 15 is 0 Å². The summed E-state index contributed by atoms with van der Waals surface area (Å²) in [6.45, 7) is 4.83. The number of rotatable bonds is 3. The molecular formula is C7H12N2S2. The number of aryl methyl sites for hydroxylation is 1. The average molecular weight is 188 g/mol. The second-order valence-corrected chi connectivity index (χ2v) is 4.96. The summed E-state index contributed by atoms with van der Waals surface area (Å²) in [5.41, 5.74) is 6.58. The number of hydrogen-bond donors (Lipinski definition) is 1. The molecule has 0 saturated carbocycles. The lowest BCUT2D eigenvalue weighted by Crippen LogP contribution is -2.11. The Hall–Kier alpha value is -0.0600. The van der Waals surface area contributed by atoms with Crippen molar-refractivity contribution in [3.63, 3.8) is 0 Å². The van der Waals surface area contributed by atoms with Crippen molar-refractivity contribution in [3.8, 4) is 0 Å². The summed E-state index contributed by atoms with van der Waals surface area (Å²) in [5, 5.41) is 2.53. The lowest BCUT2D eigenvalue weighted by atomic mass is 10.5. The van der Waals surface area contributed by atoms with Crippen molar-refractivity contribution >= 4 is 23.1 Å². The minimum Gasteiger partial charge on any atom is -0.329 e. The van der Waals surface area contributed by atoms with Gasteiger partial charge in [0.25, 0.3) is 0 Å². The molecule has 1 heterocycles.